The maximum absolute atomic E-state index is 12.3. The molecule has 94 valence electrons. The van der Waals surface area contributed by atoms with Crippen LogP contribution in [0.3, 0.4) is 0 Å². The third-order valence-corrected chi connectivity index (χ3v) is 3.28. The van der Waals surface area contributed by atoms with Gasteiger partial charge in [0.05, 0.1) is 7.11 Å². The van der Waals surface area contributed by atoms with E-state index in [0.29, 0.717) is 11.9 Å². The van der Waals surface area contributed by atoms with Gasteiger partial charge < -0.3 is 9.30 Å². The second-order valence-electron chi connectivity index (χ2n) is 3.80. The Morgan fingerprint density at radius 1 is 1.39 bits per heavy atom. The Kier molecular flexibility index (Phi) is 3.52. The highest BCUT2D eigenvalue weighted by Crippen LogP contribution is 2.18. The van der Waals surface area contributed by atoms with E-state index in [4.69, 9.17) is 4.74 Å². The summed E-state index contributed by atoms with van der Waals surface area (Å²) in [5.41, 5.74) is 0.0958. The minimum Gasteiger partial charge on any atom is -0.464 e. The first-order valence-electron chi connectivity index (χ1n) is 5.50. The molecule has 1 aromatic carbocycles. The third-order valence-electron chi connectivity index (χ3n) is 2.78. The number of carbonyl (C=O) groups is 1. The lowest BCUT2D eigenvalue weighted by atomic mass is 10.1. The normalized spacial score (nSPS) is 10.6. The van der Waals surface area contributed by atoms with Gasteiger partial charge >= 0.3 is 5.97 Å². The molecule has 0 atom stereocenters. The number of pyridine rings is 1. The molecule has 0 fully saturated rings. The van der Waals surface area contributed by atoms with E-state index in [1.54, 1.807) is 12.1 Å². The number of rotatable bonds is 2. The first-order chi connectivity index (χ1) is 8.58. The van der Waals surface area contributed by atoms with Crippen LogP contribution in [0.2, 0.25) is 0 Å². The fourth-order valence-electron chi connectivity index (χ4n) is 1.92. The van der Waals surface area contributed by atoms with E-state index in [2.05, 4.69) is 15.9 Å². The van der Waals surface area contributed by atoms with Gasteiger partial charge in [-0.25, -0.2) is 4.79 Å². The first kappa shape index (κ1) is 12.8. The summed E-state index contributed by atoms with van der Waals surface area (Å²) >= 11 is 3.35. The number of hydrogen-bond donors (Lipinski definition) is 0. The third kappa shape index (κ3) is 2.06. The van der Waals surface area contributed by atoms with E-state index in [9.17, 15) is 9.59 Å². The smallest absolute Gasteiger partial charge is 0.354 e. The summed E-state index contributed by atoms with van der Waals surface area (Å²) in [6.45, 7) is 2.24. The van der Waals surface area contributed by atoms with E-state index in [1.165, 1.54) is 11.7 Å². The molecule has 1 heterocycles. The molecule has 0 N–H and O–H groups in total. The van der Waals surface area contributed by atoms with E-state index in [0.717, 1.165) is 9.86 Å². The molecule has 18 heavy (non-hydrogen) atoms. The highest BCUT2D eigenvalue weighted by Gasteiger charge is 2.14. The second kappa shape index (κ2) is 4.94. The Morgan fingerprint density at radius 3 is 2.72 bits per heavy atom. The molecule has 0 spiro atoms. The number of fused-ring (bicyclic) bond motifs is 1. The maximum atomic E-state index is 12.3. The molecular formula is C13H12BrNO3. The Morgan fingerprint density at radius 2 is 2.11 bits per heavy atom. The molecule has 2 rings (SSSR count). The van der Waals surface area contributed by atoms with Crippen LogP contribution in [0.5, 0.6) is 0 Å². The van der Waals surface area contributed by atoms with Gasteiger partial charge in [0, 0.05) is 16.4 Å². The molecule has 1 aromatic heterocycles. The lowest BCUT2D eigenvalue weighted by molar-refractivity contribution is 0.0587. The van der Waals surface area contributed by atoms with Gasteiger partial charge in [-0.05, 0) is 36.6 Å². The number of nitrogens with zero attached hydrogens (tertiary/aromatic N) is 1. The molecule has 2 aromatic rings. The Labute approximate surface area is 112 Å². The molecular weight excluding hydrogens is 298 g/mol. The van der Waals surface area contributed by atoms with Crippen molar-refractivity contribution in [2.24, 2.45) is 0 Å². The molecule has 0 saturated carbocycles. The molecule has 0 aliphatic heterocycles. The van der Waals surface area contributed by atoms with Crippen LogP contribution in [0.1, 0.15) is 17.4 Å². The van der Waals surface area contributed by atoms with Crippen molar-refractivity contribution >= 4 is 32.7 Å². The summed E-state index contributed by atoms with van der Waals surface area (Å²) < 4.78 is 6.98. The van der Waals surface area contributed by atoms with Crippen LogP contribution >= 0.6 is 15.9 Å². The maximum Gasteiger partial charge on any atom is 0.354 e. The van der Waals surface area contributed by atoms with Crippen molar-refractivity contribution in [1.29, 1.82) is 0 Å². The number of hydrogen-bond acceptors (Lipinski definition) is 3. The number of ether oxygens (including phenoxy) is 1. The predicted molar refractivity (Wildman–Crippen MR) is 72.9 cm³/mol. The van der Waals surface area contributed by atoms with Crippen molar-refractivity contribution in [1.82, 2.24) is 4.57 Å². The van der Waals surface area contributed by atoms with Crippen molar-refractivity contribution in [3.8, 4) is 0 Å². The molecule has 5 heteroatoms. The number of methoxy groups -OCH3 is 1. The highest BCUT2D eigenvalue weighted by molar-refractivity contribution is 9.10. The lowest BCUT2D eigenvalue weighted by Crippen LogP contribution is -2.26. The Hall–Kier alpha value is -1.62. The zero-order valence-electron chi connectivity index (χ0n) is 10.1. The summed E-state index contributed by atoms with van der Waals surface area (Å²) in [6, 6.07) is 7.04. The topological polar surface area (TPSA) is 48.3 Å². The Balaban J connectivity index is 2.86. The van der Waals surface area contributed by atoms with Gasteiger partial charge in [-0.2, -0.15) is 0 Å². The quantitative estimate of drug-likeness (QED) is 0.801. The van der Waals surface area contributed by atoms with Crippen LogP contribution in [-0.2, 0) is 11.3 Å². The number of benzene rings is 1. The summed E-state index contributed by atoms with van der Waals surface area (Å²) in [5.74, 6) is -0.504. The summed E-state index contributed by atoms with van der Waals surface area (Å²) in [7, 11) is 1.30. The monoisotopic (exact) mass is 309 g/mol. The van der Waals surface area contributed by atoms with E-state index in [1.807, 2.05) is 19.1 Å². The van der Waals surface area contributed by atoms with Crippen molar-refractivity contribution in [3.63, 3.8) is 0 Å². The zero-order chi connectivity index (χ0) is 13.3. The fraction of sp³-hybridized carbons (Fsp3) is 0.231. The van der Waals surface area contributed by atoms with Crippen molar-refractivity contribution in [3.05, 3.63) is 44.8 Å². The van der Waals surface area contributed by atoms with Crippen LogP contribution in [0.25, 0.3) is 10.8 Å². The highest BCUT2D eigenvalue weighted by atomic mass is 79.9. The SMILES string of the molecule is CCn1c(C(=O)OC)cc2cc(Br)ccc2c1=O. The average molecular weight is 310 g/mol. The van der Waals surface area contributed by atoms with Gasteiger partial charge in [-0.15, -0.1) is 0 Å². The zero-order valence-corrected chi connectivity index (χ0v) is 11.7. The molecule has 0 saturated heterocycles. The van der Waals surface area contributed by atoms with Crippen LogP contribution in [0, 0.1) is 0 Å². The molecule has 0 aliphatic carbocycles. The van der Waals surface area contributed by atoms with E-state index < -0.39 is 5.97 Å². The second-order valence-corrected chi connectivity index (χ2v) is 4.72. The largest absolute Gasteiger partial charge is 0.464 e. The standard InChI is InChI=1S/C13H12BrNO3/c1-3-15-11(13(17)18-2)7-8-6-9(14)4-5-10(8)12(15)16/h4-7H,3H2,1-2H3. The molecule has 4 nitrogen and oxygen atoms in total. The van der Waals surface area contributed by atoms with Crippen LogP contribution in [-0.4, -0.2) is 17.6 Å². The van der Waals surface area contributed by atoms with E-state index >= 15 is 0 Å². The summed E-state index contributed by atoms with van der Waals surface area (Å²) in [6.07, 6.45) is 0. The molecule has 0 radical (unpaired) electrons. The van der Waals surface area contributed by atoms with Gasteiger partial charge in [0.25, 0.3) is 5.56 Å². The van der Waals surface area contributed by atoms with Crippen LogP contribution in [0.4, 0.5) is 0 Å². The average Bonchev–Trinajstić information content (AvgIpc) is 2.37. The number of aromatic nitrogens is 1. The van der Waals surface area contributed by atoms with Gasteiger partial charge in [0.15, 0.2) is 0 Å². The fourth-order valence-corrected chi connectivity index (χ4v) is 2.29. The van der Waals surface area contributed by atoms with Gasteiger partial charge in [-0.1, -0.05) is 15.9 Å². The predicted octanol–water partition coefficient (Wildman–Crippen LogP) is 2.57. The minimum absolute atomic E-state index is 0.178. The summed E-state index contributed by atoms with van der Waals surface area (Å²) in [5, 5.41) is 1.31. The molecule has 0 amide bonds. The molecule has 0 aliphatic rings. The van der Waals surface area contributed by atoms with Crippen molar-refractivity contribution in [2.45, 2.75) is 13.5 Å². The van der Waals surface area contributed by atoms with Crippen LogP contribution < -0.4 is 5.56 Å². The number of carbonyl (C=O) groups excluding carboxylic acids is 1. The first-order valence-corrected chi connectivity index (χ1v) is 6.29. The van der Waals surface area contributed by atoms with E-state index in [-0.39, 0.29) is 11.3 Å². The van der Waals surface area contributed by atoms with Crippen molar-refractivity contribution in [2.75, 3.05) is 7.11 Å². The lowest BCUT2D eigenvalue weighted by Gasteiger charge is -2.10. The van der Waals surface area contributed by atoms with Gasteiger partial charge in [0.2, 0.25) is 0 Å². The van der Waals surface area contributed by atoms with Gasteiger partial charge in [-0.3, -0.25) is 4.79 Å². The minimum atomic E-state index is -0.504. The molecule has 0 bridgehead atoms. The molecule has 0 unspecified atom stereocenters. The van der Waals surface area contributed by atoms with Crippen LogP contribution in [0.15, 0.2) is 33.5 Å². The number of halogens is 1. The van der Waals surface area contributed by atoms with Gasteiger partial charge in [0.1, 0.15) is 5.69 Å². The number of esters is 1. The summed E-state index contributed by atoms with van der Waals surface area (Å²) in [4.78, 5) is 23.9. The Bertz CT molecular complexity index is 676. The van der Waals surface area contributed by atoms with Crippen molar-refractivity contribution < 1.29 is 9.53 Å².